The van der Waals surface area contributed by atoms with Crippen molar-refractivity contribution < 1.29 is 12.8 Å². The van der Waals surface area contributed by atoms with E-state index in [1.807, 2.05) is 6.92 Å². The molecule has 0 bridgehead atoms. The van der Waals surface area contributed by atoms with Crippen LogP contribution < -0.4 is 5.73 Å². The van der Waals surface area contributed by atoms with E-state index in [1.165, 1.54) is 10.4 Å². The zero-order chi connectivity index (χ0) is 14.8. The zero-order valence-electron chi connectivity index (χ0n) is 11.3. The molecule has 6 heteroatoms. The Morgan fingerprint density at radius 2 is 2.25 bits per heavy atom. The van der Waals surface area contributed by atoms with Crippen molar-refractivity contribution in [2.24, 2.45) is 11.7 Å². The second-order valence-electron chi connectivity index (χ2n) is 4.90. The summed E-state index contributed by atoms with van der Waals surface area (Å²) in [6, 6.07) is 3.54. The Kier molecular flexibility index (Phi) is 4.43. The van der Waals surface area contributed by atoms with Crippen LogP contribution in [0.2, 0.25) is 0 Å². The number of hydrogen-bond donors (Lipinski definition) is 1. The maximum absolute atomic E-state index is 13.3. The molecule has 1 aromatic rings. The van der Waals surface area contributed by atoms with Crippen molar-refractivity contribution in [1.82, 2.24) is 4.31 Å². The first-order valence-corrected chi connectivity index (χ1v) is 7.88. The largest absolute Gasteiger partial charge is 0.320 e. The van der Waals surface area contributed by atoms with Crippen LogP contribution in [0.4, 0.5) is 4.39 Å². The molecule has 1 fully saturated rings. The average molecular weight is 296 g/mol. The molecule has 1 aliphatic rings. The lowest BCUT2D eigenvalue weighted by molar-refractivity contribution is 0.464. The smallest absolute Gasteiger partial charge is 0.244 e. The van der Waals surface area contributed by atoms with Gasteiger partial charge >= 0.3 is 0 Å². The number of nitrogens with zero attached hydrogens (tertiary/aromatic N) is 1. The molecule has 1 saturated heterocycles. The van der Waals surface area contributed by atoms with E-state index in [0.29, 0.717) is 19.0 Å². The summed E-state index contributed by atoms with van der Waals surface area (Å²) in [4.78, 5) is 0.0500. The first-order valence-electron chi connectivity index (χ1n) is 6.44. The summed E-state index contributed by atoms with van der Waals surface area (Å²) < 4.78 is 39.9. The third-order valence-electron chi connectivity index (χ3n) is 3.27. The Morgan fingerprint density at radius 3 is 2.85 bits per heavy atom. The van der Waals surface area contributed by atoms with E-state index in [0.717, 1.165) is 18.6 Å². The summed E-state index contributed by atoms with van der Waals surface area (Å²) in [6.45, 7) is 3.08. The topological polar surface area (TPSA) is 63.4 Å². The van der Waals surface area contributed by atoms with Crippen molar-refractivity contribution in [1.29, 1.82) is 0 Å². The minimum atomic E-state index is -3.63. The maximum atomic E-state index is 13.3. The summed E-state index contributed by atoms with van der Waals surface area (Å²) in [5, 5.41) is 0. The minimum absolute atomic E-state index is 0.0500. The third kappa shape index (κ3) is 3.01. The van der Waals surface area contributed by atoms with Crippen molar-refractivity contribution in [3.63, 3.8) is 0 Å². The van der Waals surface area contributed by atoms with Gasteiger partial charge in [0, 0.05) is 18.7 Å². The molecular formula is C14H17FN2O2S. The van der Waals surface area contributed by atoms with E-state index in [1.54, 1.807) is 0 Å². The van der Waals surface area contributed by atoms with Gasteiger partial charge in [-0.15, -0.1) is 0 Å². The van der Waals surface area contributed by atoms with Crippen LogP contribution in [0.5, 0.6) is 0 Å². The number of nitrogens with two attached hydrogens (primary N) is 1. The number of benzene rings is 1. The molecule has 1 atom stereocenters. The van der Waals surface area contributed by atoms with Crippen molar-refractivity contribution >= 4 is 10.0 Å². The quantitative estimate of drug-likeness (QED) is 0.833. The average Bonchev–Trinajstić information content (AvgIpc) is 2.83. The highest BCUT2D eigenvalue weighted by molar-refractivity contribution is 7.89. The zero-order valence-corrected chi connectivity index (χ0v) is 12.1. The second kappa shape index (κ2) is 5.92. The molecule has 0 saturated carbocycles. The Balaban J connectivity index is 2.46. The van der Waals surface area contributed by atoms with E-state index < -0.39 is 15.8 Å². The van der Waals surface area contributed by atoms with E-state index >= 15 is 0 Å². The lowest BCUT2D eigenvalue weighted by Crippen LogP contribution is -2.29. The standard InChI is InChI=1S/C14H17FN2O2S/c1-11-6-8-17(10-11)20(18,19)14-5-4-13(15)9-12(14)3-2-7-16/h4-5,9,11H,6-8,10,16H2,1H3. The van der Waals surface area contributed by atoms with E-state index in [9.17, 15) is 12.8 Å². The fourth-order valence-electron chi connectivity index (χ4n) is 2.22. The van der Waals surface area contributed by atoms with Gasteiger partial charge < -0.3 is 5.73 Å². The molecule has 1 aliphatic heterocycles. The van der Waals surface area contributed by atoms with Crippen molar-refractivity contribution in [3.8, 4) is 11.8 Å². The molecule has 20 heavy (non-hydrogen) atoms. The van der Waals surface area contributed by atoms with Crippen LogP contribution in [0.15, 0.2) is 23.1 Å². The predicted molar refractivity (Wildman–Crippen MR) is 74.9 cm³/mol. The van der Waals surface area contributed by atoms with Crippen LogP contribution in [-0.4, -0.2) is 32.4 Å². The molecule has 0 spiro atoms. The van der Waals surface area contributed by atoms with Gasteiger partial charge in [-0.05, 0) is 30.5 Å². The maximum Gasteiger partial charge on any atom is 0.244 e. The molecule has 108 valence electrons. The van der Waals surface area contributed by atoms with Gasteiger partial charge in [0.05, 0.1) is 11.4 Å². The van der Waals surface area contributed by atoms with Gasteiger partial charge in [-0.1, -0.05) is 18.8 Å². The second-order valence-corrected chi connectivity index (χ2v) is 6.81. The monoisotopic (exact) mass is 296 g/mol. The van der Waals surface area contributed by atoms with Gasteiger partial charge in [0.1, 0.15) is 5.82 Å². The summed E-state index contributed by atoms with van der Waals surface area (Å²) in [7, 11) is -3.63. The number of sulfonamides is 1. The summed E-state index contributed by atoms with van der Waals surface area (Å²) >= 11 is 0. The summed E-state index contributed by atoms with van der Waals surface area (Å²) in [5.41, 5.74) is 5.45. The van der Waals surface area contributed by atoms with Gasteiger partial charge in [-0.3, -0.25) is 0 Å². The van der Waals surface area contributed by atoms with Crippen LogP contribution in [0.25, 0.3) is 0 Å². The predicted octanol–water partition coefficient (Wildman–Crippen LogP) is 1.17. The Hall–Kier alpha value is -1.42. The minimum Gasteiger partial charge on any atom is -0.320 e. The molecule has 4 nitrogen and oxygen atoms in total. The van der Waals surface area contributed by atoms with Crippen molar-refractivity contribution in [3.05, 3.63) is 29.6 Å². The first kappa shape index (κ1) is 15.0. The summed E-state index contributed by atoms with van der Waals surface area (Å²) in [6.07, 6.45) is 0.838. The highest BCUT2D eigenvalue weighted by Crippen LogP contribution is 2.26. The Labute approximate surface area is 118 Å². The van der Waals surface area contributed by atoms with Gasteiger partial charge in [0.2, 0.25) is 10.0 Å². The molecule has 0 aromatic heterocycles. The van der Waals surface area contributed by atoms with Crippen molar-refractivity contribution in [2.75, 3.05) is 19.6 Å². The van der Waals surface area contributed by atoms with Gasteiger partial charge in [0.15, 0.2) is 0 Å². The number of hydrogen-bond acceptors (Lipinski definition) is 3. The highest BCUT2D eigenvalue weighted by atomic mass is 32.2. The normalized spacial score (nSPS) is 19.6. The van der Waals surface area contributed by atoms with Gasteiger partial charge in [-0.25, -0.2) is 12.8 Å². The van der Waals surface area contributed by atoms with E-state index in [-0.39, 0.29) is 17.0 Å². The lowest BCUT2D eigenvalue weighted by atomic mass is 10.2. The van der Waals surface area contributed by atoms with Crippen LogP contribution >= 0.6 is 0 Å². The van der Waals surface area contributed by atoms with Crippen LogP contribution in [0.1, 0.15) is 18.9 Å². The molecule has 0 aliphatic carbocycles. The molecule has 1 aromatic carbocycles. The molecule has 2 N–H and O–H groups in total. The lowest BCUT2D eigenvalue weighted by Gasteiger charge is -2.17. The molecule has 1 heterocycles. The van der Waals surface area contributed by atoms with Gasteiger partial charge in [-0.2, -0.15) is 4.31 Å². The summed E-state index contributed by atoms with van der Waals surface area (Å²) in [5.74, 6) is 5.03. The SMILES string of the molecule is CC1CCN(S(=O)(=O)c2ccc(F)cc2C#CCN)C1. The first-order chi connectivity index (χ1) is 9.45. The Morgan fingerprint density at radius 1 is 1.50 bits per heavy atom. The van der Waals surface area contributed by atoms with E-state index in [4.69, 9.17) is 5.73 Å². The molecule has 1 unspecified atom stereocenters. The molecule has 0 radical (unpaired) electrons. The van der Waals surface area contributed by atoms with Crippen LogP contribution in [-0.2, 0) is 10.0 Å². The van der Waals surface area contributed by atoms with Crippen molar-refractivity contribution in [2.45, 2.75) is 18.2 Å². The number of rotatable bonds is 2. The van der Waals surface area contributed by atoms with Crippen LogP contribution in [0.3, 0.4) is 0 Å². The molecular weight excluding hydrogens is 279 g/mol. The molecule has 2 rings (SSSR count). The van der Waals surface area contributed by atoms with Gasteiger partial charge in [0.25, 0.3) is 0 Å². The highest BCUT2D eigenvalue weighted by Gasteiger charge is 2.32. The van der Waals surface area contributed by atoms with Crippen LogP contribution in [0, 0.1) is 23.6 Å². The number of halogens is 1. The fourth-order valence-corrected chi connectivity index (χ4v) is 3.93. The molecule has 0 amide bonds. The third-order valence-corrected chi connectivity index (χ3v) is 5.19. The fraction of sp³-hybridized carbons (Fsp3) is 0.429. The van der Waals surface area contributed by atoms with E-state index in [2.05, 4.69) is 11.8 Å². The Bertz CT molecular complexity index is 661.